The highest BCUT2D eigenvalue weighted by atomic mass is 35.5. The number of amides is 1. The highest BCUT2D eigenvalue weighted by molar-refractivity contribution is 6.31. The molecule has 0 aliphatic carbocycles. The second kappa shape index (κ2) is 7.31. The minimum Gasteiger partial charge on any atom is -0.336 e. The van der Waals surface area contributed by atoms with Crippen molar-refractivity contribution in [3.8, 4) is 11.6 Å². The molecule has 2 aromatic heterocycles. The Kier molecular flexibility index (Phi) is 4.84. The van der Waals surface area contributed by atoms with Crippen LogP contribution in [0.5, 0.6) is 0 Å². The van der Waals surface area contributed by atoms with Crippen molar-refractivity contribution >= 4 is 17.5 Å². The van der Waals surface area contributed by atoms with Crippen molar-refractivity contribution in [2.75, 3.05) is 13.1 Å². The summed E-state index contributed by atoms with van der Waals surface area (Å²) in [6.07, 6.45) is 2.40. The van der Waals surface area contributed by atoms with E-state index >= 15 is 0 Å². The minimum atomic E-state index is -0.585. The summed E-state index contributed by atoms with van der Waals surface area (Å²) in [6.45, 7) is 4.83. The number of nitrogens with zero attached hydrogens (tertiary/aromatic N) is 6. The Morgan fingerprint density at radius 2 is 2.21 bits per heavy atom. The van der Waals surface area contributed by atoms with Crippen molar-refractivity contribution < 1.29 is 13.7 Å². The lowest BCUT2D eigenvalue weighted by Gasteiger charge is -2.17. The van der Waals surface area contributed by atoms with Gasteiger partial charge in [-0.1, -0.05) is 35.8 Å². The average molecular weight is 405 g/mol. The molecule has 0 N–H and O–H groups in total. The molecule has 1 saturated heterocycles. The van der Waals surface area contributed by atoms with Gasteiger partial charge in [-0.05, 0) is 24.6 Å². The van der Waals surface area contributed by atoms with Gasteiger partial charge in [0.05, 0.1) is 17.8 Å². The second-order valence-corrected chi connectivity index (χ2v) is 7.45. The molecule has 0 saturated carbocycles. The molecule has 1 amide bonds. The third kappa shape index (κ3) is 3.49. The molecule has 1 unspecified atom stereocenters. The molecule has 1 fully saturated rings. The van der Waals surface area contributed by atoms with Gasteiger partial charge in [-0.15, -0.1) is 5.10 Å². The molecule has 1 aliphatic rings. The molecule has 8 nitrogen and oxygen atoms in total. The van der Waals surface area contributed by atoms with Crippen LogP contribution >= 0.6 is 11.6 Å². The average Bonchev–Trinajstić information content (AvgIpc) is 3.41. The van der Waals surface area contributed by atoms with Crippen molar-refractivity contribution in [1.29, 1.82) is 0 Å². The van der Waals surface area contributed by atoms with E-state index < -0.39 is 5.82 Å². The normalized spacial score (nSPS) is 16.9. The number of rotatable bonds is 4. The standard InChI is InChI=1S/C18H18ClFN6O2/c1-10(2)16-21-17(28-23-16)15-9-26(24-22-15)12-5-6-25(8-12)18(27)13-7-11(19)3-4-14(13)20/h3-4,7,9-10,12H,5-6,8H2,1-2H3. The van der Waals surface area contributed by atoms with Gasteiger partial charge in [0, 0.05) is 24.0 Å². The Hall–Kier alpha value is -2.81. The predicted octanol–water partition coefficient (Wildman–Crippen LogP) is 3.33. The fourth-order valence-corrected chi connectivity index (χ4v) is 3.27. The first-order chi connectivity index (χ1) is 13.4. The molecule has 10 heteroatoms. The number of hydrogen-bond donors (Lipinski definition) is 0. The number of benzene rings is 1. The molecule has 4 rings (SSSR count). The van der Waals surface area contributed by atoms with E-state index in [0.29, 0.717) is 41.9 Å². The first kappa shape index (κ1) is 18.5. The van der Waals surface area contributed by atoms with Crippen molar-refractivity contribution in [2.45, 2.75) is 32.2 Å². The Bertz CT molecular complexity index is 1020. The third-order valence-electron chi connectivity index (χ3n) is 4.67. The second-order valence-electron chi connectivity index (χ2n) is 7.01. The quantitative estimate of drug-likeness (QED) is 0.662. The fourth-order valence-electron chi connectivity index (χ4n) is 3.10. The summed E-state index contributed by atoms with van der Waals surface area (Å²) in [6, 6.07) is 3.89. The highest BCUT2D eigenvalue weighted by Gasteiger charge is 2.30. The Balaban J connectivity index is 1.48. The maximum Gasteiger partial charge on any atom is 0.280 e. The zero-order valence-electron chi connectivity index (χ0n) is 15.3. The first-order valence-corrected chi connectivity index (χ1v) is 9.30. The lowest BCUT2D eigenvalue weighted by atomic mass is 10.2. The van der Waals surface area contributed by atoms with Crippen molar-refractivity contribution in [3.63, 3.8) is 0 Å². The summed E-state index contributed by atoms with van der Waals surface area (Å²) in [5, 5.41) is 12.5. The lowest BCUT2D eigenvalue weighted by molar-refractivity contribution is 0.0782. The van der Waals surface area contributed by atoms with Gasteiger partial charge in [-0.3, -0.25) is 4.79 Å². The zero-order valence-corrected chi connectivity index (χ0v) is 16.1. The maximum atomic E-state index is 14.0. The first-order valence-electron chi connectivity index (χ1n) is 8.92. The molecule has 3 heterocycles. The van der Waals surface area contributed by atoms with E-state index in [4.69, 9.17) is 16.1 Å². The van der Waals surface area contributed by atoms with Gasteiger partial charge in [0.15, 0.2) is 11.5 Å². The van der Waals surface area contributed by atoms with E-state index in [9.17, 15) is 9.18 Å². The van der Waals surface area contributed by atoms with Gasteiger partial charge in [0.2, 0.25) is 0 Å². The smallest absolute Gasteiger partial charge is 0.280 e. The summed E-state index contributed by atoms with van der Waals surface area (Å²) in [4.78, 5) is 18.5. The molecule has 1 aliphatic heterocycles. The molecule has 1 aromatic carbocycles. The predicted molar refractivity (Wildman–Crippen MR) is 98.4 cm³/mol. The van der Waals surface area contributed by atoms with Crippen LogP contribution in [-0.4, -0.2) is 49.0 Å². The summed E-state index contributed by atoms with van der Waals surface area (Å²) < 4.78 is 20.9. The van der Waals surface area contributed by atoms with Crippen LogP contribution in [0.25, 0.3) is 11.6 Å². The highest BCUT2D eigenvalue weighted by Crippen LogP contribution is 2.26. The largest absolute Gasteiger partial charge is 0.336 e. The van der Waals surface area contributed by atoms with Gasteiger partial charge < -0.3 is 9.42 Å². The van der Waals surface area contributed by atoms with E-state index in [1.807, 2.05) is 13.8 Å². The van der Waals surface area contributed by atoms with Gasteiger partial charge in [0.25, 0.3) is 11.8 Å². The molecule has 0 bridgehead atoms. The van der Waals surface area contributed by atoms with Crippen LogP contribution in [0.1, 0.15) is 48.4 Å². The monoisotopic (exact) mass is 404 g/mol. The van der Waals surface area contributed by atoms with E-state index in [0.717, 1.165) is 0 Å². The fraction of sp³-hybridized carbons (Fsp3) is 0.389. The zero-order chi connectivity index (χ0) is 19.8. The molecule has 146 valence electrons. The van der Waals surface area contributed by atoms with Crippen LogP contribution in [-0.2, 0) is 0 Å². The number of likely N-dealkylation sites (tertiary alicyclic amines) is 1. The number of halogens is 2. The molecule has 0 spiro atoms. The summed E-state index contributed by atoms with van der Waals surface area (Å²) in [5.41, 5.74) is 0.449. The van der Waals surface area contributed by atoms with Crippen LogP contribution in [0, 0.1) is 5.82 Å². The van der Waals surface area contributed by atoms with Crippen molar-refractivity contribution in [1.82, 2.24) is 30.0 Å². The van der Waals surface area contributed by atoms with Gasteiger partial charge in [-0.2, -0.15) is 4.98 Å². The SMILES string of the molecule is CC(C)c1noc(-c2cn(C3CCN(C(=O)c4cc(Cl)ccc4F)C3)nn2)n1. The summed E-state index contributed by atoms with van der Waals surface area (Å²) in [7, 11) is 0. The molecule has 1 atom stereocenters. The molecular weight excluding hydrogens is 387 g/mol. The maximum absolute atomic E-state index is 14.0. The lowest BCUT2D eigenvalue weighted by Crippen LogP contribution is -2.30. The molecular formula is C18H18ClFN6O2. The van der Waals surface area contributed by atoms with Gasteiger partial charge >= 0.3 is 0 Å². The number of aromatic nitrogens is 5. The van der Waals surface area contributed by atoms with Gasteiger partial charge in [0.1, 0.15) is 5.82 Å². The van der Waals surface area contributed by atoms with Crippen molar-refractivity contribution in [2.24, 2.45) is 0 Å². The molecule has 0 radical (unpaired) electrons. The molecule has 3 aromatic rings. The van der Waals surface area contributed by atoms with Crippen LogP contribution in [0.4, 0.5) is 4.39 Å². The van der Waals surface area contributed by atoms with Crippen LogP contribution in [0.15, 0.2) is 28.9 Å². The van der Waals surface area contributed by atoms with Crippen molar-refractivity contribution in [3.05, 3.63) is 46.6 Å². The Morgan fingerprint density at radius 3 is 2.96 bits per heavy atom. The summed E-state index contributed by atoms with van der Waals surface area (Å²) in [5.74, 6) is 0.0843. The molecule has 28 heavy (non-hydrogen) atoms. The number of carbonyl (C=O) groups is 1. The van der Waals surface area contributed by atoms with Crippen LogP contribution in [0.2, 0.25) is 5.02 Å². The van der Waals surface area contributed by atoms with E-state index in [1.54, 1.807) is 15.8 Å². The van der Waals surface area contributed by atoms with E-state index in [1.165, 1.54) is 18.2 Å². The third-order valence-corrected chi connectivity index (χ3v) is 4.91. The number of carbonyl (C=O) groups excluding carboxylic acids is 1. The van der Waals surface area contributed by atoms with Crippen LogP contribution < -0.4 is 0 Å². The Morgan fingerprint density at radius 1 is 1.39 bits per heavy atom. The summed E-state index contributed by atoms with van der Waals surface area (Å²) >= 11 is 5.89. The van der Waals surface area contributed by atoms with Crippen LogP contribution in [0.3, 0.4) is 0 Å². The van der Waals surface area contributed by atoms with Gasteiger partial charge in [-0.25, -0.2) is 9.07 Å². The Labute approximate surface area is 165 Å². The van der Waals surface area contributed by atoms with E-state index in [2.05, 4.69) is 20.5 Å². The topological polar surface area (TPSA) is 89.9 Å². The van der Waals surface area contributed by atoms with E-state index in [-0.39, 0.29) is 23.4 Å². The number of hydrogen-bond acceptors (Lipinski definition) is 6. The minimum absolute atomic E-state index is 0.0282.